The van der Waals surface area contributed by atoms with Crippen molar-refractivity contribution in [2.24, 2.45) is 0 Å². The molecule has 0 unspecified atom stereocenters. The molecule has 2 aromatic carbocycles. The normalized spacial score (nSPS) is 10.0. The molecule has 19 heavy (non-hydrogen) atoms. The number of carboxylic acid groups (broad SMARTS) is 1. The van der Waals surface area contributed by atoms with Crippen molar-refractivity contribution >= 4 is 11.5 Å². The van der Waals surface area contributed by atoms with Crippen LogP contribution in [0.2, 0.25) is 0 Å². The van der Waals surface area contributed by atoms with Crippen LogP contribution in [-0.2, 0) is 4.79 Å². The topological polar surface area (TPSA) is 37.3 Å². The van der Waals surface area contributed by atoms with E-state index in [0.29, 0.717) is 0 Å². The summed E-state index contributed by atoms with van der Waals surface area (Å²) >= 11 is 0. The molecule has 0 spiro atoms. The number of benzene rings is 2. The maximum atomic E-state index is 11.0. The van der Waals surface area contributed by atoms with Gasteiger partial charge in [0, 0.05) is 6.08 Å². The Morgan fingerprint density at radius 1 is 0.947 bits per heavy atom. The molecule has 0 bridgehead atoms. The first-order valence-electron chi connectivity index (χ1n) is 6.15. The van der Waals surface area contributed by atoms with Gasteiger partial charge in [0.25, 0.3) is 0 Å². The Morgan fingerprint density at radius 2 is 1.42 bits per heavy atom. The van der Waals surface area contributed by atoms with Crippen molar-refractivity contribution in [3.05, 3.63) is 76.9 Å². The van der Waals surface area contributed by atoms with Gasteiger partial charge in [0.15, 0.2) is 0 Å². The van der Waals surface area contributed by atoms with Gasteiger partial charge >= 0.3 is 5.97 Å². The first kappa shape index (κ1) is 13.1. The highest BCUT2D eigenvalue weighted by Crippen LogP contribution is 2.24. The van der Waals surface area contributed by atoms with Crippen LogP contribution in [0, 0.1) is 13.8 Å². The van der Waals surface area contributed by atoms with Crippen molar-refractivity contribution in [1.82, 2.24) is 0 Å². The SMILES string of the molecule is Cc1cccc(C(=CC(=O)O)c2cccc(C)c2)c1. The van der Waals surface area contributed by atoms with Crippen LogP contribution in [0.25, 0.3) is 5.57 Å². The molecule has 2 aromatic rings. The third-order valence-corrected chi connectivity index (χ3v) is 2.93. The molecule has 1 N–H and O–H groups in total. The van der Waals surface area contributed by atoms with Gasteiger partial charge in [-0.25, -0.2) is 4.79 Å². The maximum absolute atomic E-state index is 11.0. The molecule has 0 aliphatic heterocycles. The Bertz CT molecular complexity index is 592. The second kappa shape index (κ2) is 5.53. The minimum atomic E-state index is -0.932. The van der Waals surface area contributed by atoms with E-state index < -0.39 is 5.97 Å². The summed E-state index contributed by atoms with van der Waals surface area (Å²) in [5.74, 6) is -0.932. The molecular formula is C17H16O2. The monoisotopic (exact) mass is 252 g/mol. The van der Waals surface area contributed by atoms with Gasteiger partial charge in [-0.1, -0.05) is 59.7 Å². The maximum Gasteiger partial charge on any atom is 0.328 e. The zero-order valence-electron chi connectivity index (χ0n) is 11.1. The summed E-state index contributed by atoms with van der Waals surface area (Å²) in [6.45, 7) is 4.00. The summed E-state index contributed by atoms with van der Waals surface area (Å²) in [5, 5.41) is 9.07. The molecule has 0 heterocycles. The Kier molecular flexibility index (Phi) is 3.81. The fourth-order valence-corrected chi connectivity index (χ4v) is 2.08. The van der Waals surface area contributed by atoms with Gasteiger partial charge in [-0.15, -0.1) is 0 Å². The molecule has 0 amide bonds. The zero-order valence-corrected chi connectivity index (χ0v) is 11.1. The van der Waals surface area contributed by atoms with Gasteiger partial charge in [-0.05, 0) is 30.5 Å². The van der Waals surface area contributed by atoms with Crippen LogP contribution in [0.5, 0.6) is 0 Å². The Balaban J connectivity index is 2.57. The average molecular weight is 252 g/mol. The van der Waals surface area contributed by atoms with Crippen LogP contribution >= 0.6 is 0 Å². The van der Waals surface area contributed by atoms with Crippen molar-refractivity contribution in [2.45, 2.75) is 13.8 Å². The third kappa shape index (κ3) is 3.32. The fourth-order valence-electron chi connectivity index (χ4n) is 2.08. The number of hydrogen-bond donors (Lipinski definition) is 1. The van der Waals surface area contributed by atoms with Gasteiger partial charge in [0.1, 0.15) is 0 Å². The van der Waals surface area contributed by atoms with Crippen LogP contribution in [0.3, 0.4) is 0 Å². The Labute approximate surface area is 113 Å². The number of aryl methyl sites for hydroxylation is 2. The molecule has 2 nitrogen and oxygen atoms in total. The molecule has 2 heteroatoms. The van der Waals surface area contributed by atoms with Crippen LogP contribution in [-0.4, -0.2) is 11.1 Å². The van der Waals surface area contributed by atoms with Crippen molar-refractivity contribution in [3.8, 4) is 0 Å². The standard InChI is InChI=1S/C17H16O2/c1-12-5-3-7-14(9-12)16(11-17(18)19)15-8-4-6-13(2)10-15/h3-11H,1-2H3,(H,18,19). The predicted octanol–water partition coefficient (Wildman–Crippen LogP) is 3.82. The van der Waals surface area contributed by atoms with Gasteiger partial charge in [-0.2, -0.15) is 0 Å². The Hall–Kier alpha value is -2.35. The molecule has 0 aliphatic carbocycles. The highest BCUT2D eigenvalue weighted by Gasteiger charge is 2.07. The van der Waals surface area contributed by atoms with E-state index in [0.717, 1.165) is 27.8 Å². The largest absolute Gasteiger partial charge is 0.478 e. The molecule has 0 aliphatic rings. The van der Waals surface area contributed by atoms with Gasteiger partial charge in [-0.3, -0.25) is 0 Å². The summed E-state index contributed by atoms with van der Waals surface area (Å²) < 4.78 is 0. The summed E-state index contributed by atoms with van der Waals surface area (Å²) in [6.07, 6.45) is 1.27. The number of hydrogen-bond acceptors (Lipinski definition) is 1. The molecule has 0 saturated carbocycles. The molecule has 0 atom stereocenters. The van der Waals surface area contributed by atoms with E-state index in [1.165, 1.54) is 6.08 Å². The number of carbonyl (C=O) groups is 1. The highest BCUT2D eigenvalue weighted by molar-refractivity contribution is 5.95. The summed E-state index contributed by atoms with van der Waals surface area (Å²) in [6, 6.07) is 15.7. The molecule has 0 aromatic heterocycles. The quantitative estimate of drug-likeness (QED) is 0.843. The highest BCUT2D eigenvalue weighted by atomic mass is 16.4. The number of aliphatic carboxylic acids is 1. The number of rotatable bonds is 3. The van der Waals surface area contributed by atoms with Crippen LogP contribution < -0.4 is 0 Å². The second-order valence-corrected chi connectivity index (χ2v) is 4.64. The van der Waals surface area contributed by atoms with Gasteiger partial charge in [0.2, 0.25) is 0 Å². The molecule has 0 fully saturated rings. The van der Waals surface area contributed by atoms with Crippen molar-refractivity contribution in [2.75, 3.05) is 0 Å². The smallest absolute Gasteiger partial charge is 0.328 e. The van der Waals surface area contributed by atoms with E-state index in [-0.39, 0.29) is 0 Å². The molecular weight excluding hydrogens is 236 g/mol. The first-order chi connectivity index (χ1) is 9.06. The molecule has 96 valence electrons. The second-order valence-electron chi connectivity index (χ2n) is 4.64. The van der Waals surface area contributed by atoms with Gasteiger partial charge in [0.05, 0.1) is 0 Å². The third-order valence-electron chi connectivity index (χ3n) is 2.93. The lowest BCUT2D eigenvalue weighted by atomic mass is 9.95. The number of carboxylic acids is 1. The Morgan fingerprint density at radius 3 is 1.79 bits per heavy atom. The lowest BCUT2D eigenvalue weighted by molar-refractivity contribution is -0.131. The van der Waals surface area contributed by atoms with Crippen molar-refractivity contribution in [3.63, 3.8) is 0 Å². The molecule has 2 rings (SSSR count). The van der Waals surface area contributed by atoms with E-state index in [1.807, 2.05) is 62.4 Å². The van der Waals surface area contributed by atoms with E-state index >= 15 is 0 Å². The predicted molar refractivity (Wildman–Crippen MR) is 77.1 cm³/mol. The van der Waals surface area contributed by atoms with Crippen molar-refractivity contribution < 1.29 is 9.90 Å². The first-order valence-corrected chi connectivity index (χ1v) is 6.15. The van der Waals surface area contributed by atoms with E-state index in [9.17, 15) is 4.79 Å². The molecule has 0 saturated heterocycles. The fraction of sp³-hybridized carbons (Fsp3) is 0.118. The van der Waals surface area contributed by atoms with Crippen LogP contribution in [0.4, 0.5) is 0 Å². The minimum Gasteiger partial charge on any atom is -0.478 e. The zero-order chi connectivity index (χ0) is 13.8. The minimum absolute atomic E-state index is 0.736. The van der Waals surface area contributed by atoms with Crippen molar-refractivity contribution in [1.29, 1.82) is 0 Å². The van der Waals surface area contributed by atoms with E-state index in [4.69, 9.17) is 5.11 Å². The summed E-state index contributed by atoms with van der Waals surface area (Å²) in [5.41, 5.74) is 4.81. The summed E-state index contributed by atoms with van der Waals surface area (Å²) in [4.78, 5) is 11.0. The van der Waals surface area contributed by atoms with Crippen LogP contribution in [0.15, 0.2) is 54.6 Å². The van der Waals surface area contributed by atoms with Gasteiger partial charge < -0.3 is 5.11 Å². The lowest BCUT2D eigenvalue weighted by Crippen LogP contribution is -1.95. The van der Waals surface area contributed by atoms with E-state index in [1.54, 1.807) is 0 Å². The average Bonchev–Trinajstić information content (AvgIpc) is 2.35. The van der Waals surface area contributed by atoms with E-state index in [2.05, 4.69) is 0 Å². The van der Waals surface area contributed by atoms with Crippen LogP contribution in [0.1, 0.15) is 22.3 Å². The molecule has 0 radical (unpaired) electrons. The lowest BCUT2D eigenvalue weighted by Gasteiger charge is -2.09. The summed E-state index contributed by atoms with van der Waals surface area (Å²) in [7, 11) is 0.